The van der Waals surface area contributed by atoms with E-state index in [0.717, 1.165) is 12.4 Å². The maximum Gasteiger partial charge on any atom is 0.257 e. The molecule has 0 fully saturated rings. The molecular formula is C23H22N4O. The number of amides is 1. The lowest BCUT2D eigenvalue weighted by Gasteiger charge is -2.28. The fraction of sp³-hybridized carbons (Fsp3) is 0.174. The van der Waals surface area contributed by atoms with Crippen molar-refractivity contribution >= 4 is 17.4 Å². The van der Waals surface area contributed by atoms with Gasteiger partial charge in [-0.2, -0.15) is 5.26 Å². The molecule has 140 valence electrons. The van der Waals surface area contributed by atoms with E-state index in [1.807, 2.05) is 24.3 Å². The maximum atomic E-state index is 12.5. The van der Waals surface area contributed by atoms with Crippen LogP contribution in [0.3, 0.4) is 0 Å². The highest BCUT2D eigenvalue weighted by Gasteiger charge is 2.14. The summed E-state index contributed by atoms with van der Waals surface area (Å²) in [5.74, 6) is 0.522. The summed E-state index contributed by atoms with van der Waals surface area (Å²) >= 11 is 0. The summed E-state index contributed by atoms with van der Waals surface area (Å²) in [6.45, 7) is 4.97. The number of aromatic nitrogens is 1. The van der Waals surface area contributed by atoms with Crippen LogP contribution in [0.15, 0.2) is 72.9 Å². The number of rotatable bonds is 6. The zero-order valence-corrected chi connectivity index (χ0v) is 16.0. The van der Waals surface area contributed by atoms with Gasteiger partial charge in [-0.15, -0.1) is 0 Å². The van der Waals surface area contributed by atoms with Gasteiger partial charge in [-0.3, -0.25) is 4.79 Å². The maximum absolute atomic E-state index is 12.5. The third-order valence-electron chi connectivity index (χ3n) is 4.42. The van der Waals surface area contributed by atoms with Gasteiger partial charge < -0.3 is 10.2 Å². The van der Waals surface area contributed by atoms with Crippen LogP contribution in [0.4, 0.5) is 11.5 Å². The minimum Gasteiger partial charge on any atom is -0.350 e. The molecule has 1 heterocycles. The van der Waals surface area contributed by atoms with Gasteiger partial charge in [0.05, 0.1) is 16.8 Å². The number of hydrogen-bond donors (Lipinski definition) is 1. The molecule has 0 saturated heterocycles. The highest BCUT2D eigenvalue weighted by molar-refractivity contribution is 6.04. The number of para-hydroxylation sites is 1. The summed E-state index contributed by atoms with van der Waals surface area (Å²) in [5.41, 5.74) is 2.56. The minimum absolute atomic E-state index is 0.259. The number of pyridine rings is 1. The molecular weight excluding hydrogens is 348 g/mol. The van der Waals surface area contributed by atoms with E-state index in [-0.39, 0.29) is 11.9 Å². The van der Waals surface area contributed by atoms with Crippen molar-refractivity contribution in [3.05, 3.63) is 89.6 Å². The Hall–Kier alpha value is -3.65. The predicted molar refractivity (Wildman–Crippen MR) is 111 cm³/mol. The van der Waals surface area contributed by atoms with Gasteiger partial charge in [-0.05, 0) is 43.7 Å². The van der Waals surface area contributed by atoms with Gasteiger partial charge in [0.15, 0.2) is 0 Å². The Morgan fingerprint density at radius 1 is 1.07 bits per heavy atom. The topological polar surface area (TPSA) is 69.0 Å². The summed E-state index contributed by atoms with van der Waals surface area (Å²) in [5, 5.41) is 11.9. The van der Waals surface area contributed by atoms with Gasteiger partial charge in [0.25, 0.3) is 5.91 Å². The largest absolute Gasteiger partial charge is 0.350 e. The Bertz CT molecular complexity index is 975. The van der Waals surface area contributed by atoms with Crippen molar-refractivity contribution in [2.75, 3.05) is 10.2 Å². The summed E-state index contributed by atoms with van der Waals surface area (Å²) in [4.78, 5) is 19.2. The first-order valence-corrected chi connectivity index (χ1v) is 9.15. The second kappa shape index (κ2) is 8.83. The Morgan fingerprint density at radius 2 is 1.79 bits per heavy atom. The summed E-state index contributed by atoms with van der Waals surface area (Å²) in [7, 11) is 0. The SMILES string of the molecule is CC(C)N(Cc1ccccc1)c1ccc(C(=O)Nc2ccccc2C#N)cn1. The molecule has 5 heteroatoms. The second-order valence-corrected chi connectivity index (χ2v) is 6.72. The van der Waals surface area contributed by atoms with Gasteiger partial charge >= 0.3 is 0 Å². The minimum atomic E-state index is -0.291. The van der Waals surface area contributed by atoms with E-state index >= 15 is 0 Å². The number of anilines is 2. The first-order valence-electron chi connectivity index (χ1n) is 9.15. The molecule has 1 amide bonds. The van der Waals surface area contributed by atoms with Gasteiger partial charge in [-0.1, -0.05) is 42.5 Å². The van der Waals surface area contributed by atoms with Crippen LogP contribution in [0, 0.1) is 11.3 Å². The van der Waals surface area contributed by atoms with Crippen LogP contribution < -0.4 is 10.2 Å². The van der Waals surface area contributed by atoms with Gasteiger partial charge in [0, 0.05) is 18.8 Å². The van der Waals surface area contributed by atoms with Crippen molar-refractivity contribution in [1.82, 2.24) is 4.98 Å². The molecule has 28 heavy (non-hydrogen) atoms. The number of hydrogen-bond acceptors (Lipinski definition) is 4. The lowest BCUT2D eigenvalue weighted by molar-refractivity contribution is 0.102. The summed E-state index contributed by atoms with van der Waals surface area (Å²) < 4.78 is 0. The number of carbonyl (C=O) groups is 1. The first kappa shape index (κ1) is 19.1. The van der Waals surface area contributed by atoms with Crippen molar-refractivity contribution in [2.45, 2.75) is 26.4 Å². The van der Waals surface area contributed by atoms with Gasteiger partial charge in [0.2, 0.25) is 0 Å². The van der Waals surface area contributed by atoms with E-state index in [1.54, 1.807) is 36.5 Å². The number of nitrogens with one attached hydrogen (secondary N) is 1. The van der Waals surface area contributed by atoms with Crippen LogP contribution >= 0.6 is 0 Å². The molecule has 1 N–H and O–H groups in total. The molecule has 0 atom stereocenters. The molecule has 0 bridgehead atoms. The van der Waals surface area contributed by atoms with Crippen molar-refractivity contribution in [1.29, 1.82) is 5.26 Å². The van der Waals surface area contributed by atoms with Crippen molar-refractivity contribution in [2.24, 2.45) is 0 Å². The average molecular weight is 370 g/mol. The third-order valence-corrected chi connectivity index (χ3v) is 4.42. The molecule has 0 saturated carbocycles. The molecule has 0 aliphatic carbocycles. The van der Waals surface area contributed by atoms with E-state index in [4.69, 9.17) is 5.26 Å². The quantitative estimate of drug-likeness (QED) is 0.687. The fourth-order valence-electron chi connectivity index (χ4n) is 2.88. The molecule has 1 aromatic heterocycles. The number of carbonyl (C=O) groups excluding carboxylic acids is 1. The van der Waals surface area contributed by atoms with Crippen LogP contribution in [-0.2, 0) is 6.54 Å². The van der Waals surface area contributed by atoms with Crippen molar-refractivity contribution in [3.63, 3.8) is 0 Å². The lowest BCUT2D eigenvalue weighted by Crippen LogP contribution is -2.31. The van der Waals surface area contributed by atoms with E-state index < -0.39 is 0 Å². The highest BCUT2D eigenvalue weighted by Crippen LogP contribution is 2.19. The van der Waals surface area contributed by atoms with Gasteiger partial charge in [-0.25, -0.2) is 4.98 Å². The van der Waals surface area contributed by atoms with E-state index in [2.05, 4.69) is 47.3 Å². The van der Waals surface area contributed by atoms with Crippen LogP contribution in [0.2, 0.25) is 0 Å². The molecule has 0 aliphatic rings. The molecule has 0 spiro atoms. The molecule has 3 aromatic rings. The van der Waals surface area contributed by atoms with Crippen LogP contribution in [0.1, 0.15) is 35.3 Å². The van der Waals surface area contributed by atoms with Crippen LogP contribution in [0.25, 0.3) is 0 Å². The molecule has 3 rings (SSSR count). The number of nitrogens with zero attached hydrogens (tertiary/aromatic N) is 3. The third kappa shape index (κ3) is 4.54. The zero-order chi connectivity index (χ0) is 19.9. The standard InChI is InChI=1S/C23H22N4O/c1-17(2)27(16-18-8-4-3-5-9-18)22-13-12-20(15-25-22)23(28)26-21-11-7-6-10-19(21)14-24/h3-13,15,17H,16H2,1-2H3,(H,26,28). The highest BCUT2D eigenvalue weighted by atomic mass is 16.1. The predicted octanol–water partition coefficient (Wildman–Crippen LogP) is 4.62. The van der Waals surface area contributed by atoms with E-state index in [0.29, 0.717) is 16.8 Å². The number of benzene rings is 2. The zero-order valence-electron chi connectivity index (χ0n) is 16.0. The number of nitriles is 1. The van der Waals surface area contributed by atoms with Crippen LogP contribution in [0.5, 0.6) is 0 Å². The van der Waals surface area contributed by atoms with Crippen LogP contribution in [-0.4, -0.2) is 16.9 Å². The summed E-state index contributed by atoms with van der Waals surface area (Å²) in [6.07, 6.45) is 1.57. The Kier molecular flexibility index (Phi) is 6.03. The Morgan fingerprint density at radius 3 is 2.43 bits per heavy atom. The van der Waals surface area contributed by atoms with E-state index in [9.17, 15) is 4.79 Å². The fourth-order valence-corrected chi connectivity index (χ4v) is 2.88. The molecule has 0 aliphatic heterocycles. The molecule has 5 nitrogen and oxygen atoms in total. The molecule has 0 radical (unpaired) electrons. The van der Waals surface area contributed by atoms with Crippen molar-refractivity contribution < 1.29 is 4.79 Å². The van der Waals surface area contributed by atoms with E-state index in [1.165, 1.54) is 5.56 Å². The summed E-state index contributed by atoms with van der Waals surface area (Å²) in [6, 6.07) is 23.1. The monoisotopic (exact) mass is 370 g/mol. The van der Waals surface area contributed by atoms with Crippen molar-refractivity contribution in [3.8, 4) is 6.07 Å². The second-order valence-electron chi connectivity index (χ2n) is 6.72. The molecule has 2 aromatic carbocycles. The molecule has 0 unspecified atom stereocenters. The average Bonchev–Trinajstić information content (AvgIpc) is 2.73. The lowest BCUT2D eigenvalue weighted by atomic mass is 10.1. The normalized spacial score (nSPS) is 10.4. The Labute approximate surface area is 165 Å². The van der Waals surface area contributed by atoms with Gasteiger partial charge in [0.1, 0.15) is 11.9 Å². The first-order chi connectivity index (χ1) is 13.6. The smallest absolute Gasteiger partial charge is 0.257 e. The Balaban J connectivity index is 1.76.